The summed E-state index contributed by atoms with van der Waals surface area (Å²) in [7, 11) is 0. The topological polar surface area (TPSA) is 114 Å². The lowest BCUT2D eigenvalue weighted by Crippen LogP contribution is -2.50. The van der Waals surface area contributed by atoms with Gasteiger partial charge in [0.2, 0.25) is 0 Å². The molecule has 0 saturated carbocycles. The molecule has 0 aliphatic carbocycles. The second kappa shape index (κ2) is 11.7. The van der Waals surface area contributed by atoms with E-state index in [0.29, 0.717) is 30.0 Å². The second-order valence-electron chi connectivity index (χ2n) is 8.67. The van der Waals surface area contributed by atoms with Crippen molar-refractivity contribution in [3.63, 3.8) is 0 Å². The van der Waals surface area contributed by atoms with Gasteiger partial charge >= 0.3 is 0 Å². The number of nitriles is 1. The average molecular weight is 524 g/mol. The number of nitrogens with zero attached hydrogens (tertiary/aromatic N) is 2. The first-order chi connectivity index (χ1) is 17.4. The minimum atomic E-state index is -1.90. The zero-order chi connectivity index (χ0) is 25.7. The molecule has 7 nitrogen and oxygen atoms in total. The van der Waals surface area contributed by atoms with E-state index in [1.807, 2.05) is 42.5 Å². The van der Waals surface area contributed by atoms with E-state index >= 15 is 0 Å². The van der Waals surface area contributed by atoms with Crippen molar-refractivity contribution < 1.29 is 19.8 Å². The molecule has 9 heteroatoms. The molecule has 3 aromatic rings. The monoisotopic (exact) mass is 523 g/mol. The number of rotatable bonds is 8. The number of aliphatic hydroxyl groups excluding tert-OH is 2. The summed E-state index contributed by atoms with van der Waals surface area (Å²) < 4.78 is 0. The number of likely N-dealkylation sites (tertiary alicyclic amines) is 1. The number of amides is 2. The Bertz CT molecular complexity index is 1290. The smallest absolute Gasteiger partial charge is 0.255 e. The maximum atomic E-state index is 13.0. The van der Waals surface area contributed by atoms with Crippen LogP contribution in [-0.2, 0) is 22.6 Å². The lowest BCUT2D eigenvalue weighted by molar-refractivity contribution is -0.153. The summed E-state index contributed by atoms with van der Waals surface area (Å²) in [5.74, 6) is -1.53. The van der Waals surface area contributed by atoms with Gasteiger partial charge in [0, 0.05) is 27.7 Å². The molecular weight excluding hydrogens is 498 g/mol. The van der Waals surface area contributed by atoms with Gasteiger partial charge in [-0.25, -0.2) is 0 Å². The van der Waals surface area contributed by atoms with Gasteiger partial charge in [-0.15, -0.1) is 11.3 Å². The Morgan fingerprint density at radius 3 is 2.67 bits per heavy atom. The number of carbonyl (C=O) groups is 2. The van der Waals surface area contributed by atoms with Gasteiger partial charge in [0.05, 0.1) is 24.2 Å². The van der Waals surface area contributed by atoms with Crippen LogP contribution in [0.2, 0.25) is 5.02 Å². The SMILES string of the molecule is N#Cc1cccc([C@H]2CCCN2C(=O)[C@H](O)[C@@H](O)C(=O)NCc2ccc(Cc3ccccc3Cl)s2)c1. The Balaban J connectivity index is 1.33. The maximum Gasteiger partial charge on any atom is 0.255 e. The molecule has 1 saturated heterocycles. The second-order valence-corrected chi connectivity index (χ2v) is 10.3. The van der Waals surface area contributed by atoms with E-state index in [9.17, 15) is 19.8 Å². The molecule has 2 heterocycles. The lowest BCUT2D eigenvalue weighted by atomic mass is 10.0. The molecule has 0 radical (unpaired) electrons. The summed E-state index contributed by atoms with van der Waals surface area (Å²) in [6, 6.07) is 20.2. The fourth-order valence-corrected chi connectivity index (χ4v) is 5.54. The van der Waals surface area contributed by atoms with E-state index in [-0.39, 0.29) is 12.6 Å². The molecular formula is C27H26ClN3O4S. The fourth-order valence-electron chi connectivity index (χ4n) is 4.36. The predicted molar refractivity (Wildman–Crippen MR) is 137 cm³/mol. The third kappa shape index (κ3) is 5.94. The Morgan fingerprint density at radius 1 is 1.11 bits per heavy atom. The Labute approximate surface area is 218 Å². The highest BCUT2D eigenvalue weighted by Gasteiger charge is 2.38. The van der Waals surface area contributed by atoms with Gasteiger partial charge in [-0.2, -0.15) is 5.26 Å². The van der Waals surface area contributed by atoms with Gasteiger partial charge in [-0.05, 0) is 54.3 Å². The standard InChI is InChI=1S/C27H26ClN3O4S/c28-22-8-2-1-6-18(22)14-20-10-11-21(36-20)16-30-26(34)24(32)25(33)27(35)31-12-4-9-23(31)19-7-3-5-17(13-19)15-29/h1-3,5-8,10-11,13,23-25,32-33H,4,9,12,14,16H2,(H,30,34)/t23-,24-,25-/m1/s1. The molecule has 1 fully saturated rings. The minimum absolute atomic E-state index is 0.164. The van der Waals surface area contributed by atoms with Gasteiger partial charge in [0.25, 0.3) is 11.8 Å². The van der Waals surface area contributed by atoms with Crippen molar-refractivity contribution in [2.45, 2.75) is 44.1 Å². The third-order valence-electron chi connectivity index (χ3n) is 6.23. The van der Waals surface area contributed by atoms with Crippen LogP contribution in [-0.4, -0.2) is 45.7 Å². The van der Waals surface area contributed by atoms with Crippen LogP contribution in [0.5, 0.6) is 0 Å². The molecule has 2 aromatic carbocycles. The Morgan fingerprint density at radius 2 is 1.89 bits per heavy atom. The molecule has 4 rings (SSSR count). The largest absolute Gasteiger partial charge is 0.380 e. The first-order valence-electron chi connectivity index (χ1n) is 11.6. The molecule has 1 aliphatic rings. The number of benzene rings is 2. The van der Waals surface area contributed by atoms with Crippen LogP contribution < -0.4 is 5.32 Å². The molecule has 3 N–H and O–H groups in total. The van der Waals surface area contributed by atoms with E-state index in [2.05, 4.69) is 11.4 Å². The maximum absolute atomic E-state index is 13.0. The summed E-state index contributed by atoms with van der Waals surface area (Å²) in [5, 5.41) is 33.4. The van der Waals surface area contributed by atoms with Gasteiger partial charge in [-0.1, -0.05) is 41.9 Å². The molecule has 1 aliphatic heterocycles. The van der Waals surface area contributed by atoms with E-state index < -0.39 is 24.0 Å². The number of halogens is 1. The van der Waals surface area contributed by atoms with Crippen molar-refractivity contribution in [3.05, 3.63) is 92.1 Å². The Hall–Kier alpha value is -3.22. The first-order valence-corrected chi connectivity index (χ1v) is 12.8. The van der Waals surface area contributed by atoms with Crippen molar-refractivity contribution in [1.29, 1.82) is 5.26 Å². The van der Waals surface area contributed by atoms with Crippen LogP contribution in [0.4, 0.5) is 0 Å². The van der Waals surface area contributed by atoms with Crippen molar-refractivity contribution in [2.24, 2.45) is 0 Å². The molecule has 36 heavy (non-hydrogen) atoms. The molecule has 2 amide bonds. The zero-order valence-electron chi connectivity index (χ0n) is 19.4. The van der Waals surface area contributed by atoms with E-state index in [0.717, 1.165) is 27.3 Å². The number of thiophene rings is 1. The average Bonchev–Trinajstić information content (AvgIpc) is 3.57. The van der Waals surface area contributed by atoms with E-state index in [1.54, 1.807) is 18.2 Å². The highest BCUT2D eigenvalue weighted by Crippen LogP contribution is 2.33. The lowest BCUT2D eigenvalue weighted by Gasteiger charge is -2.28. The van der Waals surface area contributed by atoms with Crippen molar-refractivity contribution >= 4 is 34.8 Å². The molecule has 3 atom stereocenters. The fraction of sp³-hybridized carbons (Fsp3) is 0.296. The zero-order valence-corrected chi connectivity index (χ0v) is 21.0. The van der Waals surface area contributed by atoms with Crippen LogP contribution in [0.1, 0.15) is 45.3 Å². The first kappa shape index (κ1) is 25.9. The van der Waals surface area contributed by atoms with E-state index in [4.69, 9.17) is 16.9 Å². The quantitative estimate of drug-likeness (QED) is 0.418. The minimum Gasteiger partial charge on any atom is -0.380 e. The molecule has 0 unspecified atom stereocenters. The van der Waals surface area contributed by atoms with Crippen molar-refractivity contribution in [3.8, 4) is 6.07 Å². The van der Waals surface area contributed by atoms with Crippen molar-refractivity contribution in [2.75, 3.05) is 6.54 Å². The van der Waals surface area contributed by atoms with Crippen molar-refractivity contribution in [1.82, 2.24) is 10.2 Å². The van der Waals surface area contributed by atoms with Crippen LogP contribution >= 0.6 is 22.9 Å². The van der Waals surface area contributed by atoms with Crippen LogP contribution in [0.3, 0.4) is 0 Å². The number of hydrogen-bond donors (Lipinski definition) is 3. The molecule has 1 aromatic heterocycles. The van der Waals surface area contributed by atoms with Crippen LogP contribution in [0, 0.1) is 11.3 Å². The molecule has 0 bridgehead atoms. The number of carbonyl (C=O) groups excluding carboxylic acids is 2. The van der Waals surface area contributed by atoms with Gasteiger partial charge in [-0.3, -0.25) is 9.59 Å². The van der Waals surface area contributed by atoms with Gasteiger partial charge in [0.15, 0.2) is 12.2 Å². The molecule has 0 spiro atoms. The summed E-state index contributed by atoms with van der Waals surface area (Å²) >= 11 is 7.74. The summed E-state index contributed by atoms with van der Waals surface area (Å²) in [5.41, 5.74) is 2.28. The van der Waals surface area contributed by atoms with Crippen LogP contribution in [0.15, 0.2) is 60.7 Å². The summed E-state index contributed by atoms with van der Waals surface area (Å²) in [6.07, 6.45) is -1.72. The van der Waals surface area contributed by atoms with E-state index in [1.165, 1.54) is 16.2 Å². The number of aliphatic hydroxyl groups is 2. The van der Waals surface area contributed by atoms with Gasteiger partial charge in [0.1, 0.15) is 0 Å². The summed E-state index contributed by atoms with van der Waals surface area (Å²) in [6.45, 7) is 0.562. The molecule has 186 valence electrons. The summed E-state index contributed by atoms with van der Waals surface area (Å²) in [4.78, 5) is 28.9. The van der Waals surface area contributed by atoms with Gasteiger partial charge < -0.3 is 20.4 Å². The Kier molecular flexibility index (Phi) is 8.39. The highest BCUT2D eigenvalue weighted by molar-refractivity contribution is 7.12. The number of nitrogens with one attached hydrogen (secondary N) is 1. The normalized spacial score (nSPS) is 16.8. The predicted octanol–water partition coefficient (Wildman–Crippen LogP) is 3.57. The third-order valence-corrected chi connectivity index (χ3v) is 7.69. The number of hydrogen-bond acceptors (Lipinski definition) is 6. The highest BCUT2D eigenvalue weighted by atomic mass is 35.5. The van der Waals surface area contributed by atoms with Crippen LogP contribution in [0.25, 0.3) is 0 Å².